The summed E-state index contributed by atoms with van der Waals surface area (Å²) in [7, 11) is -3.75. The number of morpholine rings is 1. The molecule has 1 aromatic carbocycles. The summed E-state index contributed by atoms with van der Waals surface area (Å²) in [6, 6.07) is 3.49. The van der Waals surface area contributed by atoms with Crippen molar-refractivity contribution >= 4 is 21.9 Å². The van der Waals surface area contributed by atoms with Crippen molar-refractivity contribution in [2.45, 2.75) is 43.8 Å². The van der Waals surface area contributed by atoms with Crippen LogP contribution in [0.4, 0.5) is 0 Å². The summed E-state index contributed by atoms with van der Waals surface area (Å²) in [6.07, 6.45) is 1.34. The minimum Gasteiger partial charge on any atom is -0.507 e. The first kappa shape index (κ1) is 21.5. The van der Waals surface area contributed by atoms with Crippen LogP contribution in [0.3, 0.4) is 0 Å². The van der Waals surface area contributed by atoms with Crippen LogP contribution >= 0.6 is 0 Å². The molecule has 1 aromatic rings. The number of benzene rings is 1. The van der Waals surface area contributed by atoms with Crippen molar-refractivity contribution in [2.24, 2.45) is 0 Å². The van der Waals surface area contributed by atoms with Crippen molar-refractivity contribution in [1.29, 1.82) is 0 Å². The lowest BCUT2D eigenvalue weighted by atomic mass is 10.2. The maximum absolute atomic E-state index is 12.7. The SMILES string of the molecule is CC1CN(C(=O)COC(=O)c2cc(S(=O)(=O)N3CCCC3)ccc2O)CC(C)O1. The molecule has 1 amide bonds. The van der Waals surface area contributed by atoms with Gasteiger partial charge in [-0.15, -0.1) is 0 Å². The Morgan fingerprint density at radius 2 is 1.79 bits per heavy atom. The van der Waals surface area contributed by atoms with E-state index in [9.17, 15) is 23.1 Å². The van der Waals surface area contributed by atoms with E-state index in [0.29, 0.717) is 26.2 Å². The normalized spacial score (nSPS) is 23.2. The van der Waals surface area contributed by atoms with E-state index in [1.807, 2.05) is 13.8 Å². The van der Waals surface area contributed by atoms with Gasteiger partial charge in [0.05, 0.1) is 17.1 Å². The third kappa shape index (κ3) is 4.88. The number of carbonyl (C=O) groups is 2. The van der Waals surface area contributed by atoms with Gasteiger partial charge in [-0.05, 0) is 44.9 Å². The molecule has 3 rings (SSSR count). The molecule has 160 valence electrons. The van der Waals surface area contributed by atoms with Gasteiger partial charge in [-0.3, -0.25) is 4.79 Å². The quantitative estimate of drug-likeness (QED) is 0.698. The summed E-state index contributed by atoms with van der Waals surface area (Å²) in [5, 5.41) is 10.00. The molecule has 0 aliphatic carbocycles. The molecule has 9 nitrogen and oxygen atoms in total. The second-order valence-electron chi connectivity index (χ2n) is 7.42. The molecule has 0 bridgehead atoms. The van der Waals surface area contributed by atoms with E-state index >= 15 is 0 Å². The Labute approximate surface area is 170 Å². The topological polar surface area (TPSA) is 113 Å². The smallest absolute Gasteiger partial charge is 0.342 e. The summed E-state index contributed by atoms with van der Waals surface area (Å²) in [4.78, 5) is 26.2. The molecule has 0 aromatic heterocycles. The van der Waals surface area contributed by atoms with Crippen LogP contribution in [0.2, 0.25) is 0 Å². The summed E-state index contributed by atoms with van der Waals surface area (Å²) >= 11 is 0. The van der Waals surface area contributed by atoms with E-state index in [4.69, 9.17) is 9.47 Å². The molecule has 0 radical (unpaired) electrons. The lowest BCUT2D eigenvalue weighted by molar-refractivity contribution is -0.146. The number of esters is 1. The number of phenolic OH excluding ortho intramolecular Hbond substituents is 1. The van der Waals surface area contributed by atoms with E-state index in [1.165, 1.54) is 10.4 Å². The Hall–Kier alpha value is -2.17. The van der Waals surface area contributed by atoms with Crippen LogP contribution in [0, 0.1) is 0 Å². The van der Waals surface area contributed by atoms with Crippen LogP contribution in [0.15, 0.2) is 23.1 Å². The molecule has 0 saturated carbocycles. The Bertz CT molecular complexity index is 871. The van der Waals surface area contributed by atoms with Gasteiger partial charge in [0.15, 0.2) is 6.61 Å². The molecular weight excluding hydrogens is 400 g/mol. The Kier molecular flexibility index (Phi) is 6.45. The average molecular weight is 426 g/mol. The van der Waals surface area contributed by atoms with Crippen molar-refractivity contribution in [3.63, 3.8) is 0 Å². The van der Waals surface area contributed by atoms with Crippen molar-refractivity contribution in [3.8, 4) is 5.75 Å². The summed E-state index contributed by atoms with van der Waals surface area (Å²) in [5.74, 6) is -1.74. The number of rotatable bonds is 5. The zero-order valence-corrected chi connectivity index (χ0v) is 17.4. The first-order valence-electron chi connectivity index (χ1n) is 9.62. The zero-order chi connectivity index (χ0) is 21.2. The lowest BCUT2D eigenvalue weighted by Gasteiger charge is -2.35. The van der Waals surface area contributed by atoms with Crippen molar-refractivity contribution in [1.82, 2.24) is 9.21 Å². The molecular formula is C19H26N2O7S. The van der Waals surface area contributed by atoms with Crippen LogP contribution in [-0.4, -0.2) is 79.6 Å². The molecule has 0 spiro atoms. The fourth-order valence-corrected chi connectivity index (χ4v) is 5.14. The predicted octanol–water partition coefficient (Wildman–Crippen LogP) is 0.969. The van der Waals surface area contributed by atoms with Crippen molar-refractivity contribution in [3.05, 3.63) is 23.8 Å². The molecule has 29 heavy (non-hydrogen) atoms. The van der Waals surface area contributed by atoms with Gasteiger partial charge in [-0.1, -0.05) is 0 Å². The molecule has 2 unspecified atom stereocenters. The summed E-state index contributed by atoms with van der Waals surface area (Å²) in [5.41, 5.74) is -0.290. The molecule has 1 N–H and O–H groups in total. The Morgan fingerprint density at radius 1 is 1.17 bits per heavy atom. The minimum atomic E-state index is -3.75. The van der Waals surface area contributed by atoms with Gasteiger partial charge in [0.1, 0.15) is 11.3 Å². The summed E-state index contributed by atoms with van der Waals surface area (Å²) < 4.78 is 37.3. The molecule has 2 aliphatic rings. The molecule has 2 heterocycles. The molecule has 2 aliphatic heterocycles. The van der Waals surface area contributed by atoms with E-state index < -0.39 is 28.3 Å². The van der Waals surface area contributed by atoms with E-state index in [2.05, 4.69) is 0 Å². The number of ether oxygens (including phenoxy) is 2. The van der Waals surface area contributed by atoms with Gasteiger partial charge in [-0.2, -0.15) is 4.31 Å². The largest absolute Gasteiger partial charge is 0.507 e. The standard InChI is InChI=1S/C19H26N2O7S/c1-13-10-20(11-14(2)28-13)18(23)12-27-19(24)16-9-15(5-6-17(16)22)29(25,26)21-7-3-4-8-21/h5-6,9,13-14,22H,3-4,7-8,10-12H2,1-2H3. The Morgan fingerprint density at radius 3 is 2.41 bits per heavy atom. The zero-order valence-electron chi connectivity index (χ0n) is 16.5. The molecule has 2 fully saturated rings. The number of hydrogen-bond donors (Lipinski definition) is 1. The van der Waals surface area contributed by atoms with Gasteiger partial charge < -0.3 is 19.5 Å². The average Bonchev–Trinajstić information content (AvgIpc) is 3.21. The number of amides is 1. The number of sulfonamides is 1. The second-order valence-corrected chi connectivity index (χ2v) is 9.36. The first-order valence-corrected chi connectivity index (χ1v) is 11.1. The third-order valence-corrected chi connectivity index (χ3v) is 6.88. The van der Waals surface area contributed by atoms with Crippen molar-refractivity contribution < 1.29 is 32.6 Å². The monoisotopic (exact) mass is 426 g/mol. The van der Waals surface area contributed by atoms with Crippen LogP contribution in [0.1, 0.15) is 37.0 Å². The van der Waals surface area contributed by atoms with E-state index in [1.54, 1.807) is 4.90 Å². The van der Waals surface area contributed by atoms with E-state index in [-0.39, 0.29) is 28.6 Å². The number of aromatic hydroxyl groups is 1. The third-order valence-electron chi connectivity index (χ3n) is 4.99. The van der Waals surface area contributed by atoms with E-state index in [0.717, 1.165) is 25.0 Å². The minimum absolute atomic E-state index is 0.0914. The molecule has 10 heteroatoms. The molecule has 2 saturated heterocycles. The highest BCUT2D eigenvalue weighted by Gasteiger charge is 2.30. The number of carbonyl (C=O) groups excluding carboxylic acids is 2. The van der Waals surface area contributed by atoms with Crippen LogP contribution in [0.5, 0.6) is 5.75 Å². The fraction of sp³-hybridized carbons (Fsp3) is 0.579. The number of hydrogen-bond acceptors (Lipinski definition) is 7. The highest BCUT2D eigenvalue weighted by atomic mass is 32.2. The highest BCUT2D eigenvalue weighted by Crippen LogP contribution is 2.26. The number of nitrogens with zero attached hydrogens (tertiary/aromatic N) is 2. The van der Waals surface area contributed by atoms with Gasteiger partial charge in [0.25, 0.3) is 5.91 Å². The lowest BCUT2D eigenvalue weighted by Crippen LogP contribution is -2.49. The van der Waals surface area contributed by atoms with Crippen molar-refractivity contribution in [2.75, 3.05) is 32.8 Å². The van der Waals surface area contributed by atoms with Gasteiger partial charge >= 0.3 is 5.97 Å². The first-order chi connectivity index (χ1) is 13.7. The van der Waals surface area contributed by atoms with Crippen LogP contribution in [-0.2, 0) is 24.3 Å². The second kappa shape index (κ2) is 8.68. The number of phenols is 1. The maximum atomic E-state index is 12.7. The van der Waals surface area contributed by atoms with Crippen LogP contribution < -0.4 is 0 Å². The highest BCUT2D eigenvalue weighted by molar-refractivity contribution is 7.89. The van der Waals surface area contributed by atoms with Gasteiger partial charge in [-0.25, -0.2) is 13.2 Å². The van der Waals surface area contributed by atoms with Gasteiger partial charge in [0.2, 0.25) is 10.0 Å². The predicted molar refractivity (Wildman–Crippen MR) is 103 cm³/mol. The molecule has 2 atom stereocenters. The Balaban J connectivity index is 1.68. The maximum Gasteiger partial charge on any atom is 0.342 e. The van der Waals surface area contributed by atoms with Gasteiger partial charge in [0, 0.05) is 26.2 Å². The van der Waals surface area contributed by atoms with Crippen LogP contribution in [0.25, 0.3) is 0 Å². The fourth-order valence-electron chi connectivity index (χ4n) is 3.59. The summed E-state index contributed by atoms with van der Waals surface area (Å²) in [6.45, 7) is 4.85.